The van der Waals surface area contributed by atoms with E-state index in [-0.39, 0.29) is 19.2 Å². The second kappa shape index (κ2) is 6.24. The van der Waals surface area contributed by atoms with Crippen LogP contribution in [0.5, 0.6) is 0 Å². The van der Waals surface area contributed by atoms with Crippen molar-refractivity contribution in [2.45, 2.75) is 69.5 Å². The number of carbonyl (C=O) groups is 1. The SMILES string of the molecule is CC(C)(C)OC(=O)CN1COCc2ccc(C3(F)CC3)cc2[C@]2(CC2F)C1. The van der Waals surface area contributed by atoms with Gasteiger partial charge in [0.1, 0.15) is 17.4 Å². The molecule has 4 nitrogen and oxygen atoms in total. The first kappa shape index (κ1) is 18.8. The Hall–Kier alpha value is -1.53. The van der Waals surface area contributed by atoms with Crippen molar-refractivity contribution in [2.75, 3.05) is 19.8 Å². The predicted octanol–water partition coefficient (Wildman–Crippen LogP) is 3.76. The van der Waals surface area contributed by atoms with Crippen LogP contribution in [-0.2, 0) is 32.0 Å². The molecule has 6 heteroatoms. The van der Waals surface area contributed by atoms with E-state index >= 15 is 0 Å². The number of fused-ring (bicyclic) bond motifs is 2. The third-order valence-corrected chi connectivity index (χ3v) is 5.65. The van der Waals surface area contributed by atoms with Gasteiger partial charge in [-0.2, -0.15) is 0 Å². The Morgan fingerprint density at radius 2 is 2.07 bits per heavy atom. The van der Waals surface area contributed by atoms with Crippen LogP contribution in [-0.4, -0.2) is 42.5 Å². The average molecular weight is 379 g/mol. The molecule has 1 unspecified atom stereocenters. The van der Waals surface area contributed by atoms with Crippen LogP contribution in [0.1, 0.15) is 56.7 Å². The summed E-state index contributed by atoms with van der Waals surface area (Å²) in [5, 5.41) is 0. The van der Waals surface area contributed by atoms with Crippen LogP contribution in [0, 0.1) is 0 Å². The van der Waals surface area contributed by atoms with Gasteiger partial charge in [-0.05, 0) is 56.7 Å². The number of hydrogen-bond acceptors (Lipinski definition) is 4. The highest BCUT2D eigenvalue weighted by Crippen LogP contribution is 2.55. The Morgan fingerprint density at radius 3 is 2.67 bits per heavy atom. The van der Waals surface area contributed by atoms with E-state index in [0.29, 0.717) is 38.0 Å². The van der Waals surface area contributed by atoms with Gasteiger partial charge in [0.2, 0.25) is 0 Å². The third-order valence-electron chi connectivity index (χ3n) is 5.65. The van der Waals surface area contributed by atoms with E-state index in [2.05, 4.69) is 0 Å². The molecule has 2 aliphatic carbocycles. The topological polar surface area (TPSA) is 38.8 Å². The molecule has 0 saturated heterocycles. The smallest absolute Gasteiger partial charge is 0.320 e. The van der Waals surface area contributed by atoms with Crippen molar-refractivity contribution < 1.29 is 23.0 Å². The van der Waals surface area contributed by atoms with E-state index in [0.717, 1.165) is 11.1 Å². The number of esters is 1. The molecule has 2 atom stereocenters. The standard InChI is InChI=1S/C21H27F2NO3/c1-19(2,3)27-18(25)10-24-12-20(9-17(20)22)16-8-15(21(23)6-7-21)5-4-14(16)11-26-13-24/h4-5,8,17H,6-7,9-13H2,1-3H3/t17?,20-/m0/s1. The molecule has 1 heterocycles. The van der Waals surface area contributed by atoms with Gasteiger partial charge in [0.05, 0.1) is 19.9 Å². The number of nitrogens with zero attached hydrogens (tertiary/aromatic N) is 1. The van der Waals surface area contributed by atoms with Crippen molar-refractivity contribution in [3.63, 3.8) is 0 Å². The van der Waals surface area contributed by atoms with Gasteiger partial charge in [0, 0.05) is 12.0 Å². The minimum absolute atomic E-state index is 0.0494. The van der Waals surface area contributed by atoms with E-state index in [1.165, 1.54) is 0 Å². The maximum atomic E-state index is 14.6. The molecule has 27 heavy (non-hydrogen) atoms. The lowest BCUT2D eigenvalue weighted by Crippen LogP contribution is -2.42. The molecule has 1 aliphatic heterocycles. The molecular weight excluding hydrogens is 352 g/mol. The van der Waals surface area contributed by atoms with E-state index in [1.807, 2.05) is 32.9 Å². The molecule has 0 amide bonds. The molecule has 1 spiro atoms. The number of alkyl halides is 2. The van der Waals surface area contributed by atoms with Crippen molar-refractivity contribution in [1.29, 1.82) is 0 Å². The third kappa shape index (κ3) is 3.74. The normalized spacial score (nSPS) is 29.6. The molecule has 0 aromatic heterocycles. The number of benzene rings is 1. The second-order valence-corrected chi connectivity index (χ2v) is 9.22. The highest BCUT2D eigenvalue weighted by Gasteiger charge is 2.59. The summed E-state index contributed by atoms with van der Waals surface area (Å²) in [6.07, 6.45) is 0.465. The van der Waals surface area contributed by atoms with Gasteiger partial charge in [-0.15, -0.1) is 0 Å². The minimum Gasteiger partial charge on any atom is -0.459 e. The second-order valence-electron chi connectivity index (χ2n) is 9.22. The number of halogens is 2. The van der Waals surface area contributed by atoms with Crippen LogP contribution in [0.25, 0.3) is 0 Å². The van der Waals surface area contributed by atoms with Crippen LogP contribution in [0.15, 0.2) is 18.2 Å². The maximum absolute atomic E-state index is 14.6. The summed E-state index contributed by atoms with van der Waals surface area (Å²) in [5.74, 6) is -0.354. The number of rotatable bonds is 3. The first-order chi connectivity index (χ1) is 12.6. The van der Waals surface area contributed by atoms with Gasteiger partial charge in [-0.25, -0.2) is 8.78 Å². The summed E-state index contributed by atoms with van der Waals surface area (Å²) in [4.78, 5) is 14.0. The Balaban J connectivity index is 1.58. The lowest BCUT2D eigenvalue weighted by atomic mass is 9.87. The maximum Gasteiger partial charge on any atom is 0.320 e. The molecule has 4 rings (SSSR count). The zero-order valence-corrected chi connectivity index (χ0v) is 16.2. The van der Waals surface area contributed by atoms with Crippen molar-refractivity contribution in [2.24, 2.45) is 0 Å². The van der Waals surface area contributed by atoms with Gasteiger partial charge >= 0.3 is 5.97 Å². The summed E-state index contributed by atoms with van der Waals surface area (Å²) in [6, 6.07) is 5.52. The summed E-state index contributed by atoms with van der Waals surface area (Å²) in [7, 11) is 0. The van der Waals surface area contributed by atoms with Crippen molar-refractivity contribution in [3.05, 3.63) is 34.9 Å². The molecule has 3 aliphatic rings. The molecule has 2 saturated carbocycles. The van der Waals surface area contributed by atoms with E-state index in [9.17, 15) is 13.6 Å². The van der Waals surface area contributed by atoms with Crippen LogP contribution >= 0.6 is 0 Å². The fourth-order valence-corrected chi connectivity index (χ4v) is 4.02. The van der Waals surface area contributed by atoms with Crippen LogP contribution < -0.4 is 0 Å². The summed E-state index contributed by atoms with van der Waals surface area (Å²) in [6.45, 7) is 6.43. The van der Waals surface area contributed by atoms with Gasteiger partial charge in [0.15, 0.2) is 0 Å². The van der Waals surface area contributed by atoms with E-state index in [1.54, 1.807) is 11.0 Å². The highest BCUT2D eigenvalue weighted by molar-refractivity contribution is 5.72. The number of ether oxygens (including phenoxy) is 2. The van der Waals surface area contributed by atoms with E-state index < -0.39 is 22.9 Å². The Labute approximate surface area is 158 Å². The fourth-order valence-electron chi connectivity index (χ4n) is 4.02. The van der Waals surface area contributed by atoms with Crippen LogP contribution in [0.2, 0.25) is 0 Å². The molecule has 1 aromatic carbocycles. The Kier molecular flexibility index (Phi) is 4.35. The van der Waals surface area contributed by atoms with E-state index in [4.69, 9.17) is 9.47 Å². The lowest BCUT2D eigenvalue weighted by Gasteiger charge is -2.32. The Morgan fingerprint density at radius 1 is 1.37 bits per heavy atom. The zero-order valence-electron chi connectivity index (χ0n) is 16.2. The van der Waals surface area contributed by atoms with Crippen molar-refractivity contribution >= 4 is 5.97 Å². The summed E-state index contributed by atoms with van der Waals surface area (Å²) in [5.41, 5.74) is -0.107. The quantitative estimate of drug-likeness (QED) is 0.750. The molecule has 148 valence electrons. The average Bonchev–Trinajstić information content (AvgIpc) is 3.43. The highest BCUT2D eigenvalue weighted by atomic mass is 19.1. The summed E-state index contributed by atoms with van der Waals surface area (Å²) >= 11 is 0. The van der Waals surface area contributed by atoms with Gasteiger partial charge in [-0.3, -0.25) is 9.69 Å². The first-order valence-corrected chi connectivity index (χ1v) is 9.60. The monoisotopic (exact) mass is 379 g/mol. The van der Waals surface area contributed by atoms with Crippen molar-refractivity contribution in [3.8, 4) is 0 Å². The number of carbonyl (C=O) groups excluding carboxylic acids is 1. The van der Waals surface area contributed by atoms with Gasteiger partial charge in [-0.1, -0.05) is 18.2 Å². The number of hydrogen-bond donors (Lipinski definition) is 0. The molecule has 2 fully saturated rings. The van der Waals surface area contributed by atoms with Crippen LogP contribution in [0.3, 0.4) is 0 Å². The summed E-state index contributed by atoms with van der Waals surface area (Å²) < 4.78 is 40.3. The van der Waals surface area contributed by atoms with Gasteiger partial charge < -0.3 is 9.47 Å². The first-order valence-electron chi connectivity index (χ1n) is 9.60. The van der Waals surface area contributed by atoms with Crippen LogP contribution in [0.4, 0.5) is 8.78 Å². The Bertz CT molecular complexity index is 756. The minimum atomic E-state index is -1.25. The molecule has 1 aromatic rings. The largest absolute Gasteiger partial charge is 0.459 e. The fraction of sp³-hybridized carbons (Fsp3) is 0.667. The molecule has 0 N–H and O–H groups in total. The predicted molar refractivity (Wildman–Crippen MR) is 96.7 cm³/mol. The molecule has 0 bridgehead atoms. The van der Waals surface area contributed by atoms with Gasteiger partial charge in [0.25, 0.3) is 0 Å². The zero-order chi connectivity index (χ0) is 19.4. The molecular formula is C21H27F2NO3. The molecule has 0 radical (unpaired) electrons. The van der Waals surface area contributed by atoms with Crippen molar-refractivity contribution in [1.82, 2.24) is 4.90 Å². The lowest BCUT2D eigenvalue weighted by molar-refractivity contribution is -0.158.